The van der Waals surface area contributed by atoms with Crippen molar-refractivity contribution in [1.29, 1.82) is 0 Å². The number of pyridine rings is 1. The lowest BCUT2D eigenvalue weighted by Gasteiger charge is -2.32. The van der Waals surface area contributed by atoms with E-state index in [4.69, 9.17) is 20.9 Å². The van der Waals surface area contributed by atoms with E-state index < -0.39 is 0 Å². The predicted octanol–water partition coefficient (Wildman–Crippen LogP) is 3.69. The van der Waals surface area contributed by atoms with E-state index in [9.17, 15) is 0 Å². The van der Waals surface area contributed by atoms with Crippen LogP contribution >= 0.6 is 11.6 Å². The largest absolute Gasteiger partial charge is 0.487 e. The van der Waals surface area contributed by atoms with E-state index in [1.54, 1.807) is 12.4 Å². The monoisotopic (exact) mass is 279 g/mol. The van der Waals surface area contributed by atoms with Gasteiger partial charge in [0.05, 0.1) is 16.2 Å². The summed E-state index contributed by atoms with van der Waals surface area (Å²) in [6.45, 7) is 10.1. The maximum atomic E-state index is 6.13. The van der Waals surface area contributed by atoms with Crippen LogP contribution in [-0.2, 0) is 9.31 Å². The van der Waals surface area contributed by atoms with Gasteiger partial charge in [-0.3, -0.25) is 4.98 Å². The first-order valence-corrected chi connectivity index (χ1v) is 6.75. The van der Waals surface area contributed by atoms with Crippen molar-refractivity contribution in [2.24, 2.45) is 0 Å². The van der Waals surface area contributed by atoms with Crippen molar-refractivity contribution >= 4 is 24.8 Å². The molecule has 1 saturated heterocycles. The van der Waals surface area contributed by atoms with E-state index in [0.29, 0.717) is 5.02 Å². The molecule has 1 aliphatic heterocycles. The highest BCUT2D eigenvalue weighted by atomic mass is 35.5. The minimum atomic E-state index is -0.353. The van der Waals surface area contributed by atoms with Gasteiger partial charge in [0, 0.05) is 12.4 Å². The van der Waals surface area contributed by atoms with Crippen LogP contribution < -0.4 is 0 Å². The zero-order chi connectivity index (χ0) is 14.3. The lowest BCUT2D eigenvalue weighted by molar-refractivity contribution is 0.00578. The molecule has 5 heteroatoms. The third-order valence-corrected chi connectivity index (χ3v) is 4.13. The quantitative estimate of drug-likeness (QED) is 0.774. The Labute approximate surface area is 120 Å². The third kappa shape index (κ3) is 2.86. The maximum Gasteiger partial charge on any atom is 0.487 e. The van der Waals surface area contributed by atoms with Crippen molar-refractivity contribution in [2.75, 3.05) is 0 Å². The second kappa shape index (κ2) is 4.93. The molecule has 0 aromatic carbocycles. The second-order valence-electron chi connectivity index (χ2n) is 5.84. The molecule has 0 bridgehead atoms. The molecule has 3 nitrogen and oxygen atoms in total. The van der Waals surface area contributed by atoms with Crippen molar-refractivity contribution < 1.29 is 9.31 Å². The van der Waals surface area contributed by atoms with Gasteiger partial charge < -0.3 is 9.31 Å². The summed E-state index contributed by atoms with van der Waals surface area (Å²) in [4.78, 5) is 4.04. The topological polar surface area (TPSA) is 31.4 Å². The summed E-state index contributed by atoms with van der Waals surface area (Å²) in [7, 11) is -0.353. The SMILES string of the molecule is Cc1cncc(Cl)c1/C=C/B1OC(C)(C)C(C)(C)O1. The Bertz CT molecular complexity index is 478. The Morgan fingerprint density at radius 3 is 2.26 bits per heavy atom. The van der Waals surface area contributed by atoms with Gasteiger partial charge in [0.2, 0.25) is 0 Å². The maximum absolute atomic E-state index is 6.13. The molecule has 0 saturated carbocycles. The second-order valence-corrected chi connectivity index (χ2v) is 6.24. The zero-order valence-corrected chi connectivity index (χ0v) is 12.8. The van der Waals surface area contributed by atoms with E-state index in [0.717, 1.165) is 11.1 Å². The predicted molar refractivity (Wildman–Crippen MR) is 79.1 cm³/mol. The van der Waals surface area contributed by atoms with E-state index in [1.165, 1.54) is 0 Å². The molecular formula is C14H19BClNO2. The van der Waals surface area contributed by atoms with Crippen LogP contribution in [0.5, 0.6) is 0 Å². The number of hydrogen-bond donors (Lipinski definition) is 0. The number of aromatic nitrogens is 1. The summed E-state index contributed by atoms with van der Waals surface area (Å²) in [6.07, 6.45) is 5.36. The van der Waals surface area contributed by atoms with Crippen LogP contribution in [-0.4, -0.2) is 23.3 Å². The fraction of sp³-hybridized carbons (Fsp3) is 0.500. The van der Waals surface area contributed by atoms with Crippen LogP contribution in [0, 0.1) is 6.92 Å². The molecule has 102 valence electrons. The number of aryl methyl sites for hydroxylation is 1. The van der Waals surface area contributed by atoms with Crippen molar-refractivity contribution in [1.82, 2.24) is 4.98 Å². The smallest absolute Gasteiger partial charge is 0.400 e. The van der Waals surface area contributed by atoms with Crippen LogP contribution in [0.15, 0.2) is 18.4 Å². The van der Waals surface area contributed by atoms with Gasteiger partial charge in [-0.05, 0) is 45.7 Å². The highest BCUT2D eigenvalue weighted by Crippen LogP contribution is 2.37. The first-order valence-electron chi connectivity index (χ1n) is 6.37. The third-order valence-electron chi connectivity index (χ3n) is 3.83. The van der Waals surface area contributed by atoms with Crippen LogP contribution in [0.2, 0.25) is 5.02 Å². The van der Waals surface area contributed by atoms with E-state index >= 15 is 0 Å². The highest BCUT2D eigenvalue weighted by Gasteiger charge is 2.49. The molecule has 0 radical (unpaired) electrons. The van der Waals surface area contributed by atoms with Crippen molar-refractivity contribution in [2.45, 2.75) is 45.8 Å². The molecule has 0 N–H and O–H groups in total. The molecule has 0 unspecified atom stereocenters. The Balaban J connectivity index is 2.18. The molecule has 1 fully saturated rings. The van der Waals surface area contributed by atoms with Crippen LogP contribution in [0.25, 0.3) is 6.08 Å². The Morgan fingerprint density at radius 2 is 1.74 bits per heavy atom. The first-order chi connectivity index (χ1) is 8.73. The molecule has 0 amide bonds. The first kappa shape index (κ1) is 14.6. The summed E-state index contributed by atoms with van der Waals surface area (Å²) in [5, 5.41) is 0.632. The molecule has 1 aromatic heterocycles. The fourth-order valence-electron chi connectivity index (χ4n) is 1.90. The normalized spacial score (nSPS) is 21.3. The Hall–Kier alpha value is -0.835. The zero-order valence-electron chi connectivity index (χ0n) is 12.0. The van der Waals surface area contributed by atoms with Gasteiger partial charge in [-0.15, -0.1) is 0 Å². The fourth-order valence-corrected chi connectivity index (χ4v) is 2.16. The molecule has 1 aliphatic rings. The molecule has 0 aliphatic carbocycles. The van der Waals surface area contributed by atoms with Crippen molar-refractivity contribution in [3.05, 3.63) is 34.5 Å². The van der Waals surface area contributed by atoms with Gasteiger partial charge in [-0.25, -0.2) is 0 Å². The molecule has 19 heavy (non-hydrogen) atoms. The summed E-state index contributed by atoms with van der Waals surface area (Å²) in [6, 6.07) is 0. The van der Waals surface area contributed by atoms with Crippen molar-refractivity contribution in [3.63, 3.8) is 0 Å². The lowest BCUT2D eigenvalue weighted by Crippen LogP contribution is -2.41. The van der Waals surface area contributed by atoms with E-state index in [-0.39, 0.29) is 18.3 Å². The minimum Gasteiger partial charge on any atom is -0.400 e. The summed E-state index contributed by atoms with van der Waals surface area (Å²) in [5.41, 5.74) is 1.34. The van der Waals surface area contributed by atoms with Gasteiger partial charge in [-0.2, -0.15) is 0 Å². The molecule has 0 atom stereocenters. The molecule has 0 spiro atoms. The number of hydrogen-bond acceptors (Lipinski definition) is 3. The summed E-state index contributed by atoms with van der Waals surface area (Å²) < 4.78 is 11.8. The van der Waals surface area contributed by atoms with Gasteiger partial charge in [0.25, 0.3) is 0 Å². The summed E-state index contributed by atoms with van der Waals surface area (Å²) in [5.74, 6) is 1.89. The van der Waals surface area contributed by atoms with Gasteiger partial charge >= 0.3 is 7.12 Å². The molecular weight excluding hydrogens is 260 g/mol. The van der Waals surface area contributed by atoms with Gasteiger partial charge in [0.1, 0.15) is 0 Å². The van der Waals surface area contributed by atoms with E-state index in [2.05, 4.69) is 4.98 Å². The molecule has 2 heterocycles. The number of nitrogens with zero attached hydrogens (tertiary/aromatic N) is 1. The standard InChI is InChI=1S/C14H19BClNO2/c1-10-8-17-9-12(16)11(10)6-7-15-18-13(2,3)14(4,5)19-15/h6-9H,1-5H3/b7-6+. The number of halogens is 1. The Morgan fingerprint density at radius 1 is 1.16 bits per heavy atom. The highest BCUT2D eigenvalue weighted by molar-refractivity contribution is 6.52. The molecule has 1 aromatic rings. The van der Waals surface area contributed by atoms with Crippen LogP contribution in [0.4, 0.5) is 0 Å². The van der Waals surface area contributed by atoms with Gasteiger partial charge in [0.15, 0.2) is 0 Å². The van der Waals surface area contributed by atoms with Crippen LogP contribution in [0.1, 0.15) is 38.8 Å². The Kier molecular flexibility index (Phi) is 3.78. The van der Waals surface area contributed by atoms with Crippen LogP contribution in [0.3, 0.4) is 0 Å². The number of rotatable bonds is 2. The average molecular weight is 280 g/mol. The molecule has 2 rings (SSSR count). The van der Waals surface area contributed by atoms with E-state index in [1.807, 2.05) is 46.7 Å². The lowest BCUT2D eigenvalue weighted by atomic mass is 9.89. The van der Waals surface area contributed by atoms with Crippen molar-refractivity contribution in [3.8, 4) is 0 Å². The van der Waals surface area contributed by atoms with Gasteiger partial charge in [-0.1, -0.05) is 23.7 Å². The average Bonchev–Trinajstić information content (AvgIpc) is 2.46. The minimum absolute atomic E-state index is 0.320. The summed E-state index contributed by atoms with van der Waals surface area (Å²) >= 11 is 6.13.